The minimum Gasteiger partial charge on any atom is -0.408 e. The van der Waals surface area contributed by atoms with Crippen LogP contribution < -0.4 is 11.1 Å². The van der Waals surface area contributed by atoms with E-state index in [-0.39, 0.29) is 0 Å². The van der Waals surface area contributed by atoms with Crippen molar-refractivity contribution in [3.05, 3.63) is 28.7 Å². The molecule has 0 aliphatic heterocycles. The molecule has 0 amide bonds. The summed E-state index contributed by atoms with van der Waals surface area (Å²) in [6, 6.07) is 5.23. The van der Waals surface area contributed by atoms with Crippen molar-refractivity contribution in [2.45, 2.75) is 0 Å². The number of benzene rings is 1. The van der Waals surface area contributed by atoms with Gasteiger partial charge >= 0.3 is 5.76 Å². The largest absolute Gasteiger partial charge is 0.417 e. The molecule has 0 spiro atoms. The lowest BCUT2D eigenvalue weighted by atomic mass is 10.3. The number of fused-ring (bicyclic) bond motifs is 1. The van der Waals surface area contributed by atoms with Crippen LogP contribution in [0.1, 0.15) is 0 Å². The van der Waals surface area contributed by atoms with E-state index in [4.69, 9.17) is 4.42 Å². The molecule has 3 aromatic rings. The molecular formula is C8H5N5O2S. The molecule has 0 unspecified atom stereocenters. The highest BCUT2D eigenvalue weighted by atomic mass is 32.1. The van der Waals surface area contributed by atoms with Gasteiger partial charge in [0, 0.05) is 17.2 Å². The van der Waals surface area contributed by atoms with Gasteiger partial charge in [0.25, 0.3) is 0 Å². The summed E-state index contributed by atoms with van der Waals surface area (Å²) in [5.74, 6) is -0.468. The molecule has 3 rings (SSSR count). The Balaban J connectivity index is 2.01. The molecule has 0 saturated heterocycles. The van der Waals surface area contributed by atoms with Crippen LogP contribution in [0, 0.1) is 0 Å². The number of anilines is 2. The summed E-state index contributed by atoms with van der Waals surface area (Å²) in [6.45, 7) is 0. The molecule has 0 aliphatic rings. The molecule has 0 fully saturated rings. The van der Waals surface area contributed by atoms with Gasteiger partial charge in [-0.05, 0) is 23.4 Å². The topological polar surface area (TPSA) is 96.7 Å². The van der Waals surface area contributed by atoms with Crippen LogP contribution in [-0.2, 0) is 0 Å². The van der Waals surface area contributed by atoms with Crippen LogP contribution in [0.3, 0.4) is 0 Å². The van der Waals surface area contributed by atoms with Gasteiger partial charge in [-0.25, -0.2) is 4.79 Å². The summed E-state index contributed by atoms with van der Waals surface area (Å²) >= 11 is 1.15. The fourth-order valence-electron chi connectivity index (χ4n) is 1.34. The first-order valence-corrected chi connectivity index (χ1v) is 5.13. The minimum absolute atomic E-state index is 0.468. The van der Waals surface area contributed by atoms with Crippen molar-refractivity contribution in [3.8, 4) is 0 Å². The molecule has 2 aromatic heterocycles. The third-order valence-corrected chi connectivity index (χ3v) is 2.48. The van der Waals surface area contributed by atoms with E-state index in [0.29, 0.717) is 16.2 Å². The second-order valence-corrected chi connectivity index (χ2v) is 3.75. The van der Waals surface area contributed by atoms with Crippen molar-refractivity contribution >= 4 is 33.5 Å². The molecule has 2 N–H and O–H groups in total. The number of rotatable bonds is 2. The quantitative estimate of drug-likeness (QED) is 0.690. The third-order valence-electron chi connectivity index (χ3n) is 1.97. The van der Waals surface area contributed by atoms with E-state index in [1.165, 1.54) is 0 Å². The molecule has 0 saturated carbocycles. The van der Waals surface area contributed by atoms with Crippen LogP contribution in [0.5, 0.6) is 0 Å². The van der Waals surface area contributed by atoms with Crippen molar-refractivity contribution in [2.24, 2.45) is 0 Å². The number of aromatic amines is 1. The average molecular weight is 235 g/mol. The molecule has 0 bridgehead atoms. The number of aromatic nitrogens is 4. The first-order chi connectivity index (χ1) is 7.81. The molecule has 0 atom stereocenters. The van der Waals surface area contributed by atoms with E-state index in [1.807, 2.05) is 0 Å². The second-order valence-electron chi connectivity index (χ2n) is 3.02. The van der Waals surface area contributed by atoms with Crippen LogP contribution in [-0.4, -0.2) is 19.8 Å². The first-order valence-electron chi connectivity index (χ1n) is 4.36. The van der Waals surface area contributed by atoms with Crippen molar-refractivity contribution in [1.82, 2.24) is 19.8 Å². The number of hydrogen-bond donors (Lipinski definition) is 2. The van der Waals surface area contributed by atoms with Crippen LogP contribution in [0.15, 0.2) is 27.4 Å². The van der Waals surface area contributed by atoms with Gasteiger partial charge in [0.2, 0.25) is 5.13 Å². The summed E-state index contributed by atoms with van der Waals surface area (Å²) in [5.41, 5.74) is 1.93. The lowest BCUT2D eigenvalue weighted by molar-refractivity contribution is 0.555. The van der Waals surface area contributed by atoms with Gasteiger partial charge in [-0.15, -0.1) is 0 Å². The Morgan fingerprint density at radius 1 is 1.44 bits per heavy atom. The summed E-state index contributed by atoms with van der Waals surface area (Å²) in [5, 5.41) is 10.8. The Hall–Kier alpha value is -2.22. The maximum Gasteiger partial charge on any atom is 0.417 e. The van der Waals surface area contributed by atoms with Gasteiger partial charge in [0.1, 0.15) is 0 Å². The zero-order valence-corrected chi connectivity index (χ0v) is 8.61. The summed E-state index contributed by atoms with van der Waals surface area (Å²) < 4.78 is 8.51. The highest BCUT2D eigenvalue weighted by Gasteiger charge is 2.03. The van der Waals surface area contributed by atoms with E-state index in [0.717, 1.165) is 17.2 Å². The predicted octanol–water partition coefficient (Wildman–Crippen LogP) is 1.11. The van der Waals surface area contributed by atoms with Crippen LogP contribution in [0.25, 0.3) is 11.1 Å². The van der Waals surface area contributed by atoms with Gasteiger partial charge in [0.15, 0.2) is 5.58 Å². The Labute approximate surface area is 92.3 Å². The van der Waals surface area contributed by atoms with E-state index in [1.54, 1.807) is 18.2 Å². The number of nitrogens with one attached hydrogen (secondary N) is 2. The SMILES string of the molecule is O=c1[nH]c2cc(Nc3nnns3)ccc2o1. The predicted molar refractivity (Wildman–Crippen MR) is 57.8 cm³/mol. The lowest BCUT2D eigenvalue weighted by Gasteiger charge is -1.99. The van der Waals surface area contributed by atoms with E-state index >= 15 is 0 Å². The first kappa shape index (κ1) is 9.04. The van der Waals surface area contributed by atoms with E-state index in [2.05, 4.69) is 25.1 Å². The molecule has 0 radical (unpaired) electrons. The molecular weight excluding hydrogens is 230 g/mol. The van der Waals surface area contributed by atoms with E-state index in [9.17, 15) is 4.79 Å². The third kappa shape index (κ3) is 1.54. The summed E-state index contributed by atoms with van der Waals surface area (Å²) in [4.78, 5) is 13.5. The monoisotopic (exact) mass is 235 g/mol. The standard InChI is InChI=1S/C8H5N5O2S/c14-8-10-5-3-4(1-2-6(5)15-8)9-7-11-12-13-16-7/h1-3H,(H,10,14)(H,9,11,13). The highest BCUT2D eigenvalue weighted by Crippen LogP contribution is 2.20. The Kier molecular flexibility index (Phi) is 1.93. The van der Waals surface area contributed by atoms with Gasteiger partial charge < -0.3 is 9.73 Å². The van der Waals surface area contributed by atoms with Gasteiger partial charge in [-0.2, -0.15) is 0 Å². The maximum atomic E-state index is 10.9. The van der Waals surface area contributed by atoms with Crippen LogP contribution in [0.4, 0.5) is 10.8 Å². The summed E-state index contributed by atoms with van der Waals surface area (Å²) in [7, 11) is 0. The normalized spacial score (nSPS) is 10.8. The maximum absolute atomic E-state index is 10.9. The molecule has 0 aliphatic carbocycles. The van der Waals surface area contributed by atoms with Gasteiger partial charge in [0.05, 0.1) is 5.52 Å². The van der Waals surface area contributed by atoms with Crippen LogP contribution in [0.2, 0.25) is 0 Å². The fourth-order valence-corrected chi connectivity index (χ4v) is 1.72. The number of hydrogen-bond acceptors (Lipinski definition) is 7. The molecule has 8 heteroatoms. The Morgan fingerprint density at radius 3 is 3.19 bits per heavy atom. The zero-order valence-electron chi connectivity index (χ0n) is 7.80. The fraction of sp³-hybridized carbons (Fsp3) is 0. The molecule has 80 valence electrons. The van der Waals surface area contributed by atoms with Crippen molar-refractivity contribution < 1.29 is 4.42 Å². The molecule has 7 nitrogen and oxygen atoms in total. The highest BCUT2D eigenvalue weighted by molar-refractivity contribution is 7.09. The van der Waals surface area contributed by atoms with Crippen LogP contribution >= 0.6 is 11.5 Å². The number of H-pyrrole nitrogens is 1. The Bertz CT molecular complexity index is 671. The minimum atomic E-state index is -0.468. The lowest BCUT2D eigenvalue weighted by Crippen LogP contribution is -1.93. The van der Waals surface area contributed by atoms with Gasteiger partial charge in [-0.1, -0.05) is 9.59 Å². The smallest absolute Gasteiger partial charge is 0.408 e. The van der Waals surface area contributed by atoms with Crippen molar-refractivity contribution in [3.63, 3.8) is 0 Å². The van der Waals surface area contributed by atoms with Crippen molar-refractivity contribution in [2.75, 3.05) is 5.32 Å². The van der Waals surface area contributed by atoms with Gasteiger partial charge in [-0.3, -0.25) is 4.98 Å². The van der Waals surface area contributed by atoms with E-state index < -0.39 is 5.76 Å². The molecule has 16 heavy (non-hydrogen) atoms. The number of oxazole rings is 1. The zero-order chi connectivity index (χ0) is 11.0. The molecule has 1 aromatic carbocycles. The average Bonchev–Trinajstić information content (AvgIpc) is 2.85. The second kappa shape index (κ2) is 3.42. The number of nitrogens with zero attached hydrogens (tertiary/aromatic N) is 3. The summed E-state index contributed by atoms with van der Waals surface area (Å²) in [6.07, 6.45) is 0. The Morgan fingerprint density at radius 2 is 2.38 bits per heavy atom. The van der Waals surface area contributed by atoms with Crippen molar-refractivity contribution in [1.29, 1.82) is 0 Å². The molecule has 2 heterocycles.